The number of nitrogens with one attached hydrogen (secondary N) is 1. The third-order valence-electron chi connectivity index (χ3n) is 4.39. The van der Waals surface area contributed by atoms with Crippen LogP contribution in [-0.4, -0.2) is 35.1 Å². The summed E-state index contributed by atoms with van der Waals surface area (Å²) >= 11 is 2.59. The molecular weight excluding hydrogens is 299 g/mol. The molecule has 1 atom stereocenters. The van der Waals surface area contributed by atoms with Crippen molar-refractivity contribution in [2.24, 2.45) is 5.92 Å². The SMILES string of the molecule is CN1CNCC1(CI)C1CCCCCC1. The molecule has 0 spiro atoms. The molecule has 0 radical (unpaired) electrons. The summed E-state index contributed by atoms with van der Waals surface area (Å²) < 4.78 is 1.28. The lowest BCUT2D eigenvalue weighted by Crippen LogP contribution is -2.51. The van der Waals surface area contributed by atoms with E-state index < -0.39 is 0 Å². The fraction of sp³-hybridized carbons (Fsp3) is 1.00. The first-order chi connectivity index (χ1) is 7.29. The van der Waals surface area contributed by atoms with Crippen LogP contribution in [0.2, 0.25) is 0 Å². The number of nitrogens with zero attached hydrogens (tertiary/aromatic N) is 1. The molecule has 2 aliphatic rings. The fourth-order valence-corrected chi connectivity index (χ4v) is 4.74. The van der Waals surface area contributed by atoms with Crippen LogP contribution in [0.1, 0.15) is 38.5 Å². The Balaban J connectivity index is 2.09. The van der Waals surface area contributed by atoms with E-state index in [4.69, 9.17) is 0 Å². The second-order valence-electron chi connectivity index (χ2n) is 5.21. The van der Waals surface area contributed by atoms with Gasteiger partial charge in [0.2, 0.25) is 0 Å². The summed E-state index contributed by atoms with van der Waals surface area (Å²) in [4.78, 5) is 2.56. The molecule has 1 unspecified atom stereocenters. The molecule has 2 fully saturated rings. The molecule has 15 heavy (non-hydrogen) atoms. The van der Waals surface area contributed by atoms with Crippen molar-refractivity contribution in [1.82, 2.24) is 10.2 Å². The van der Waals surface area contributed by atoms with Gasteiger partial charge in [-0.3, -0.25) is 4.90 Å². The minimum Gasteiger partial charge on any atom is -0.302 e. The fourth-order valence-electron chi connectivity index (χ4n) is 3.26. The molecule has 88 valence electrons. The Kier molecular flexibility index (Phi) is 4.30. The molecule has 2 nitrogen and oxygen atoms in total. The number of rotatable bonds is 2. The molecule has 0 aromatic heterocycles. The van der Waals surface area contributed by atoms with Crippen LogP contribution in [0.3, 0.4) is 0 Å². The standard InChI is InChI=1S/C12H23IN2/c1-15-10-14-9-12(15,8-13)11-6-4-2-3-5-7-11/h11,14H,2-10H2,1H3. The summed E-state index contributed by atoms with van der Waals surface area (Å²) in [5.74, 6) is 0.928. The van der Waals surface area contributed by atoms with Crippen LogP contribution in [0, 0.1) is 5.92 Å². The van der Waals surface area contributed by atoms with Gasteiger partial charge in [0.15, 0.2) is 0 Å². The van der Waals surface area contributed by atoms with Crippen LogP contribution in [-0.2, 0) is 0 Å². The number of hydrogen-bond acceptors (Lipinski definition) is 2. The summed E-state index contributed by atoms with van der Waals surface area (Å²) in [7, 11) is 2.30. The number of likely N-dealkylation sites (N-methyl/N-ethyl adjacent to an activating group) is 1. The average Bonchev–Trinajstić information content (AvgIpc) is 2.49. The maximum absolute atomic E-state index is 3.55. The van der Waals surface area contributed by atoms with Crippen LogP contribution in [0.25, 0.3) is 0 Å². The maximum atomic E-state index is 3.55. The minimum atomic E-state index is 0.463. The first kappa shape index (κ1) is 12.1. The van der Waals surface area contributed by atoms with Crippen molar-refractivity contribution < 1.29 is 0 Å². The minimum absolute atomic E-state index is 0.463. The molecule has 0 amide bonds. The van der Waals surface area contributed by atoms with E-state index in [0.29, 0.717) is 5.54 Å². The molecule has 0 aromatic carbocycles. The van der Waals surface area contributed by atoms with Crippen LogP contribution in [0.4, 0.5) is 0 Å². The van der Waals surface area contributed by atoms with Crippen molar-refractivity contribution in [2.75, 3.05) is 24.7 Å². The number of halogens is 1. The van der Waals surface area contributed by atoms with Gasteiger partial charge in [-0.05, 0) is 25.8 Å². The van der Waals surface area contributed by atoms with Crippen molar-refractivity contribution in [1.29, 1.82) is 0 Å². The van der Waals surface area contributed by atoms with E-state index in [1.54, 1.807) is 0 Å². The lowest BCUT2D eigenvalue weighted by Gasteiger charge is -2.41. The van der Waals surface area contributed by atoms with Gasteiger partial charge in [0, 0.05) is 23.2 Å². The molecular formula is C12H23IN2. The summed E-state index contributed by atoms with van der Waals surface area (Å²) in [6.45, 7) is 2.29. The topological polar surface area (TPSA) is 15.3 Å². The zero-order valence-electron chi connectivity index (χ0n) is 9.77. The normalized spacial score (nSPS) is 35.6. The lowest BCUT2D eigenvalue weighted by atomic mass is 9.80. The van der Waals surface area contributed by atoms with Crippen molar-refractivity contribution >= 4 is 22.6 Å². The van der Waals surface area contributed by atoms with Gasteiger partial charge in [0.05, 0.1) is 0 Å². The molecule has 1 aliphatic heterocycles. The third kappa shape index (κ3) is 2.34. The van der Waals surface area contributed by atoms with E-state index in [-0.39, 0.29) is 0 Å². The van der Waals surface area contributed by atoms with Gasteiger partial charge in [-0.2, -0.15) is 0 Å². The highest BCUT2D eigenvalue weighted by Gasteiger charge is 2.43. The van der Waals surface area contributed by atoms with Crippen LogP contribution >= 0.6 is 22.6 Å². The predicted octanol–water partition coefficient (Wildman–Crippen LogP) is 2.62. The third-order valence-corrected chi connectivity index (χ3v) is 5.71. The molecule has 1 saturated heterocycles. The van der Waals surface area contributed by atoms with Gasteiger partial charge in [0.25, 0.3) is 0 Å². The highest BCUT2D eigenvalue weighted by Crippen LogP contribution is 2.37. The second-order valence-corrected chi connectivity index (χ2v) is 5.97. The molecule has 0 aromatic rings. The van der Waals surface area contributed by atoms with E-state index in [2.05, 4.69) is 39.9 Å². The van der Waals surface area contributed by atoms with Gasteiger partial charge in [-0.25, -0.2) is 0 Å². The molecule has 1 aliphatic carbocycles. The molecule has 1 saturated carbocycles. The summed E-state index contributed by atoms with van der Waals surface area (Å²) in [5, 5.41) is 3.55. The van der Waals surface area contributed by atoms with Crippen molar-refractivity contribution in [2.45, 2.75) is 44.1 Å². The van der Waals surface area contributed by atoms with Crippen LogP contribution in [0.5, 0.6) is 0 Å². The molecule has 2 rings (SSSR count). The Labute approximate surface area is 107 Å². The molecule has 0 bridgehead atoms. The first-order valence-corrected chi connectivity index (χ1v) is 7.80. The second kappa shape index (κ2) is 5.32. The van der Waals surface area contributed by atoms with Gasteiger partial charge in [-0.15, -0.1) is 0 Å². The molecule has 1 N–H and O–H groups in total. The van der Waals surface area contributed by atoms with E-state index in [9.17, 15) is 0 Å². The van der Waals surface area contributed by atoms with E-state index in [1.165, 1.54) is 49.5 Å². The van der Waals surface area contributed by atoms with Gasteiger partial charge >= 0.3 is 0 Å². The van der Waals surface area contributed by atoms with Gasteiger partial charge in [0.1, 0.15) is 0 Å². The molecule has 1 heterocycles. The van der Waals surface area contributed by atoms with E-state index in [0.717, 1.165) is 12.6 Å². The van der Waals surface area contributed by atoms with Crippen molar-refractivity contribution in [3.8, 4) is 0 Å². The number of alkyl halides is 1. The zero-order chi connectivity index (χ0) is 10.7. The van der Waals surface area contributed by atoms with Gasteiger partial charge in [-0.1, -0.05) is 48.3 Å². The van der Waals surface area contributed by atoms with E-state index >= 15 is 0 Å². The Bertz CT molecular complexity index is 202. The highest BCUT2D eigenvalue weighted by molar-refractivity contribution is 14.1. The van der Waals surface area contributed by atoms with Gasteiger partial charge < -0.3 is 5.32 Å². The lowest BCUT2D eigenvalue weighted by molar-refractivity contribution is 0.123. The maximum Gasteiger partial charge on any atom is 0.0484 e. The van der Waals surface area contributed by atoms with E-state index in [1.807, 2.05) is 0 Å². The van der Waals surface area contributed by atoms with Crippen LogP contribution < -0.4 is 5.32 Å². The average molecular weight is 322 g/mol. The Morgan fingerprint density at radius 2 is 1.93 bits per heavy atom. The molecule has 3 heteroatoms. The number of hydrogen-bond donors (Lipinski definition) is 1. The predicted molar refractivity (Wildman–Crippen MR) is 73.4 cm³/mol. The smallest absolute Gasteiger partial charge is 0.0484 e. The monoisotopic (exact) mass is 322 g/mol. The summed E-state index contributed by atoms with van der Waals surface area (Å²) in [5.41, 5.74) is 0.463. The Morgan fingerprint density at radius 1 is 1.27 bits per heavy atom. The Hall–Kier alpha value is 0.650. The summed E-state index contributed by atoms with van der Waals surface area (Å²) in [6, 6.07) is 0. The zero-order valence-corrected chi connectivity index (χ0v) is 11.9. The van der Waals surface area contributed by atoms with Crippen molar-refractivity contribution in [3.63, 3.8) is 0 Å². The quantitative estimate of drug-likeness (QED) is 0.478. The van der Waals surface area contributed by atoms with Crippen molar-refractivity contribution in [3.05, 3.63) is 0 Å². The first-order valence-electron chi connectivity index (χ1n) is 6.27. The highest BCUT2D eigenvalue weighted by atomic mass is 127. The summed E-state index contributed by atoms with van der Waals surface area (Å²) in [6.07, 6.45) is 8.74. The largest absolute Gasteiger partial charge is 0.302 e. The Morgan fingerprint density at radius 3 is 2.40 bits per heavy atom. The van der Waals surface area contributed by atoms with Crippen LogP contribution in [0.15, 0.2) is 0 Å².